The second kappa shape index (κ2) is 7.63. The minimum atomic E-state index is -0.268. The highest BCUT2D eigenvalue weighted by atomic mass is 16.1. The van der Waals surface area contributed by atoms with E-state index in [2.05, 4.69) is 31.0 Å². The van der Waals surface area contributed by atoms with Crippen molar-refractivity contribution in [2.75, 3.05) is 13.1 Å². The van der Waals surface area contributed by atoms with Crippen molar-refractivity contribution in [1.82, 2.24) is 10.2 Å². The maximum absolute atomic E-state index is 11.3. The summed E-state index contributed by atoms with van der Waals surface area (Å²) in [4.78, 5) is 13.6. The summed E-state index contributed by atoms with van der Waals surface area (Å²) in [5, 5.41) is 3.21. The van der Waals surface area contributed by atoms with Crippen LogP contribution in [0.1, 0.15) is 41.0 Å². The van der Waals surface area contributed by atoms with Gasteiger partial charge in [-0.1, -0.05) is 20.8 Å². The summed E-state index contributed by atoms with van der Waals surface area (Å²) in [5.74, 6) is -0.268. The lowest BCUT2D eigenvalue weighted by Gasteiger charge is -2.30. The fourth-order valence-electron chi connectivity index (χ4n) is 1.71. The summed E-state index contributed by atoms with van der Waals surface area (Å²) < 4.78 is 0. The molecule has 0 saturated heterocycles. The zero-order chi connectivity index (χ0) is 12.7. The quantitative estimate of drug-likeness (QED) is 0.652. The van der Waals surface area contributed by atoms with E-state index in [1.54, 1.807) is 0 Å². The smallest absolute Gasteiger partial charge is 0.235 e. The molecule has 0 aromatic carbocycles. The minimum Gasteiger partial charge on any atom is -0.368 e. The van der Waals surface area contributed by atoms with E-state index in [4.69, 9.17) is 5.73 Å². The second-order valence-corrected chi connectivity index (χ2v) is 4.87. The normalized spacial score (nSPS) is 13.8. The summed E-state index contributed by atoms with van der Waals surface area (Å²) in [5.41, 5.74) is 5.40. The molecule has 0 fully saturated rings. The molecule has 1 unspecified atom stereocenters. The van der Waals surface area contributed by atoms with Crippen molar-refractivity contribution < 1.29 is 4.79 Å². The van der Waals surface area contributed by atoms with Gasteiger partial charge in [0.25, 0.3) is 0 Å². The Balaban J connectivity index is 4.38. The van der Waals surface area contributed by atoms with E-state index in [0.717, 1.165) is 13.0 Å². The van der Waals surface area contributed by atoms with Crippen LogP contribution in [-0.2, 0) is 4.79 Å². The van der Waals surface area contributed by atoms with Gasteiger partial charge < -0.3 is 11.1 Å². The zero-order valence-electron chi connectivity index (χ0n) is 11.3. The average molecular weight is 229 g/mol. The molecule has 96 valence electrons. The number of carbonyl (C=O) groups is 1. The van der Waals surface area contributed by atoms with Gasteiger partial charge in [0.2, 0.25) is 5.91 Å². The number of rotatable bonds is 8. The predicted molar refractivity (Wildman–Crippen MR) is 68.3 cm³/mol. The number of amides is 1. The molecule has 0 heterocycles. The lowest BCUT2D eigenvalue weighted by Crippen LogP contribution is -2.52. The lowest BCUT2D eigenvalue weighted by atomic mass is 10.2. The summed E-state index contributed by atoms with van der Waals surface area (Å²) in [6, 6.07) is 0.456. The van der Waals surface area contributed by atoms with E-state index in [1.165, 1.54) is 0 Å². The standard InChI is InChI=1S/C12H27N3O/c1-6-7-15(10(4)5)8-11(12(13)16)14-9(2)3/h9-11,14H,6-8H2,1-5H3,(H2,13,16). The van der Waals surface area contributed by atoms with Crippen LogP contribution in [0.15, 0.2) is 0 Å². The van der Waals surface area contributed by atoms with Crippen LogP contribution in [0.3, 0.4) is 0 Å². The largest absolute Gasteiger partial charge is 0.368 e. The number of carbonyl (C=O) groups excluding carboxylic acids is 1. The molecule has 0 aliphatic heterocycles. The number of hydrogen-bond donors (Lipinski definition) is 2. The van der Waals surface area contributed by atoms with Crippen molar-refractivity contribution in [1.29, 1.82) is 0 Å². The second-order valence-electron chi connectivity index (χ2n) is 4.87. The minimum absolute atomic E-state index is 0.256. The van der Waals surface area contributed by atoms with Crippen molar-refractivity contribution in [3.63, 3.8) is 0 Å². The first-order valence-electron chi connectivity index (χ1n) is 6.17. The molecule has 0 saturated carbocycles. The molecule has 1 amide bonds. The van der Waals surface area contributed by atoms with Crippen LogP contribution in [0.5, 0.6) is 0 Å². The third-order valence-corrected chi connectivity index (χ3v) is 2.54. The van der Waals surface area contributed by atoms with Crippen LogP contribution in [0.25, 0.3) is 0 Å². The predicted octanol–water partition coefficient (Wildman–Crippen LogP) is 0.959. The van der Waals surface area contributed by atoms with E-state index < -0.39 is 0 Å². The summed E-state index contributed by atoms with van der Waals surface area (Å²) in [6.07, 6.45) is 1.09. The maximum Gasteiger partial charge on any atom is 0.235 e. The van der Waals surface area contributed by atoms with Gasteiger partial charge in [0, 0.05) is 18.6 Å². The molecule has 0 aromatic heterocycles. The monoisotopic (exact) mass is 229 g/mol. The Morgan fingerprint density at radius 1 is 1.31 bits per heavy atom. The molecular weight excluding hydrogens is 202 g/mol. The zero-order valence-corrected chi connectivity index (χ0v) is 11.3. The van der Waals surface area contributed by atoms with Gasteiger partial charge in [-0.15, -0.1) is 0 Å². The van der Waals surface area contributed by atoms with E-state index in [-0.39, 0.29) is 18.0 Å². The molecule has 1 atom stereocenters. The molecule has 4 heteroatoms. The summed E-state index contributed by atoms with van der Waals surface area (Å²) in [7, 11) is 0. The molecular formula is C12H27N3O. The van der Waals surface area contributed by atoms with Gasteiger partial charge in [-0.2, -0.15) is 0 Å². The highest BCUT2D eigenvalue weighted by molar-refractivity contribution is 5.80. The van der Waals surface area contributed by atoms with Gasteiger partial charge in [0.15, 0.2) is 0 Å². The van der Waals surface area contributed by atoms with Crippen molar-refractivity contribution in [2.24, 2.45) is 5.73 Å². The Bertz CT molecular complexity index is 204. The molecule has 0 aliphatic rings. The Labute approximate surface area is 99.6 Å². The third kappa shape index (κ3) is 6.08. The first-order chi connectivity index (χ1) is 7.38. The van der Waals surface area contributed by atoms with Crippen LogP contribution < -0.4 is 11.1 Å². The van der Waals surface area contributed by atoms with Crippen LogP contribution in [-0.4, -0.2) is 42.0 Å². The molecule has 0 aliphatic carbocycles. The number of nitrogens with two attached hydrogens (primary N) is 1. The Morgan fingerprint density at radius 3 is 2.19 bits per heavy atom. The summed E-state index contributed by atoms with van der Waals surface area (Å²) >= 11 is 0. The van der Waals surface area contributed by atoms with Gasteiger partial charge in [-0.3, -0.25) is 9.69 Å². The van der Waals surface area contributed by atoms with E-state index in [1.807, 2.05) is 13.8 Å². The molecule has 3 N–H and O–H groups in total. The van der Waals surface area contributed by atoms with Crippen LogP contribution >= 0.6 is 0 Å². The van der Waals surface area contributed by atoms with Gasteiger partial charge >= 0.3 is 0 Å². The molecule has 0 aromatic rings. The fourth-order valence-corrected chi connectivity index (χ4v) is 1.71. The highest BCUT2D eigenvalue weighted by Crippen LogP contribution is 2.02. The highest BCUT2D eigenvalue weighted by Gasteiger charge is 2.20. The maximum atomic E-state index is 11.3. The van der Waals surface area contributed by atoms with Crippen LogP contribution in [0.2, 0.25) is 0 Å². The first kappa shape index (κ1) is 15.4. The van der Waals surface area contributed by atoms with Gasteiger partial charge in [-0.25, -0.2) is 0 Å². The molecule has 0 spiro atoms. The molecule has 4 nitrogen and oxygen atoms in total. The third-order valence-electron chi connectivity index (χ3n) is 2.54. The fraction of sp³-hybridized carbons (Fsp3) is 0.917. The number of primary amides is 1. The van der Waals surface area contributed by atoms with Crippen LogP contribution in [0.4, 0.5) is 0 Å². The van der Waals surface area contributed by atoms with Crippen molar-refractivity contribution in [3.8, 4) is 0 Å². The number of nitrogens with one attached hydrogen (secondary N) is 1. The van der Waals surface area contributed by atoms with Gasteiger partial charge in [0.1, 0.15) is 0 Å². The first-order valence-corrected chi connectivity index (χ1v) is 6.17. The Hall–Kier alpha value is -0.610. The molecule has 0 radical (unpaired) electrons. The molecule has 0 bridgehead atoms. The number of nitrogens with zero attached hydrogens (tertiary/aromatic N) is 1. The molecule has 16 heavy (non-hydrogen) atoms. The summed E-state index contributed by atoms with van der Waals surface area (Å²) in [6.45, 7) is 12.2. The van der Waals surface area contributed by atoms with Crippen molar-refractivity contribution in [3.05, 3.63) is 0 Å². The van der Waals surface area contributed by atoms with Crippen molar-refractivity contribution >= 4 is 5.91 Å². The lowest BCUT2D eigenvalue weighted by molar-refractivity contribution is -0.120. The van der Waals surface area contributed by atoms with E-state index >= 15 is 0 Å². The van der Waals surface area contributed by atoms with Crippen molar-refractivity contribution in [2.45, 2.75) is 59.2 Å². The average Bonchev–Trinajstić information content (AvgIpc) is 2.14. The molecule has 0 rings (SSSR count). The Morgan fingerprint density at radius 2 is 1.88 bits per heavy atom. The van der Waals surface area contributed by atoms with Crippen LogP contribution in [0, 0.1) is 0 Å². The van der Waals surface area contributed by atoms with Gasteiger partial charge in [-0.05, 0) is 26.8 Å². The van der Waals surface area contributed by atoms with Gasteiger partial charge in [0.05, 0.1) is 6.04 Å². The SMILES string of the molecule is CCCN(CC(NC(C)C)C(N)=O)C(C)C. The van der Waals surface area contributed by atoms with E-state index in [0.29, 0.717) is 12.6 Å². The Kier molecular flexibility index (Phi) is 7.34. The topological polar surface area (TPSA) is 58.4 Å². The number of hydrogen-bond acceptors (Lipinski definition) is 3. The van der Waals surface area contributed by atoms with E-state index in [9.17, 15) is 4.79 Å².